The standard InChI is InChI=1S/C20H26BNO4S.C14H14BrNO2S.C12H8Br2O/c1-19(2)20(3,4)26-21(25-19)15-7-11-17(12-8-15)24-18-13-9-16(10-14-18)22-27(5,6)23;1-19(2,17)16-12-5-9-14(10-6-12)18-13-7-3-11(15)4-8-13;13-9-1-5-11(6-2-9)15-12-7-3-10(14)4-8-12/h7-14H,1-6H3;3-10H,1-2H3;1-8H. The van der Waals surface area contributed by atoms with Crippen molar-refractivity contribution in [2.75, 3.05) is 25.0 Å². The van der Waals surface area contributed by atoms with E-state index in [0.29, 0.717) is 17.1 Å². The van der Waals surface area contributed by atoms with Crippen LogP contribution in [0, 0.1) is 0 Å². The van der Waals surface area contributed by atoms with Crippen LogP contribution in [-0.4, -0.2) is 51.8 Å². The number of rotatable bonds is 9. The summed E-state index contributed by atoms with van der Waals surface area (Å²) >= 11 is 10.1. The van der Waals surface area contributed by atoms with E-state index in [4.69, 9.17) is 23.5 Å². The first-order valence-electron chi connectivity index (χ1n) is 18.9. The lowest BCUT2D eigenvalue weighted by Gasteiger charge is -2.32. The third-order valence-electron chi connectivity index (χ3n) is 8.88. The van der Waals surface area contributed by atoms with Crippen molar-refractivity contribution >= 4 is 91.2 Å². The van der Waals surface area contributed by atoms with Crippen LogP contribution in [0.5, 0.6) is 34.5 Å². The zero-order valence-electron chi connectivity index (χ0n) is 35.1. The van der Waals surface area contributed by atoms with Gasteiger partial charge in [-0.25, -0.2) is 8.42 Å². The summed E-state index contributed by atoms with van der Waals surface area (Å²) < 4.78 is 64.0. The Bertz CT molecular complexity index is 2540. The molecule has 6 aromatic carbocycles. The summed E-state index contributed by atoms with van der Waals surface area (Å²) in [4.78, 5) is 0. The van der Waals surface area contributed by atoms with Crippen molar-refractivity contribution in [2.24, 2.45) is 8.73 Å². The van der Waals surface area contributed by atoms with Crippen molar-refractivity contribution in [1.82, 2.24) is 0 Å². The minimum absolute atomic E-state index is 0.361. The van der Waals surface area contributed by atoms with Crippen LogP contribution in [0.15, 0.2) is 168 Å². The molecule has 0 spiro atoms. The van der Waals surface area contributed by atoms with Gasteiger partial charge in [0, 0.05) is 57.9 Å². The van der Waals surface area contributed by atoms with Crippen LogP contribution in [0.3, 0.4) is 0 Å². The Morgan fingerprint density at radius 1 is 0.426 bits per heavy atom. The molecule has 9 nitrogen and oxygen atoms in total. The molecule has 0 bridgehead atoms. The fraction of sp³-hybridized carbons (Fsp3) is 0.217. The summed E-state index contributed by atoms with van der Waals surface area (Å²) in [5.74, 6) is 4.56. The zero-order valence-corrected chi connectivity index (χ0v) is 41.5. The molecule has 61 heavy (non-hydrogen) atoms. The normalized spacial score (nSPS) is 14.0. The molecule has 7 rings (SSSR count). The van der Waals surface area contributed by atoms with Crippen LogP contribution in [0.2, 0.25) is 0 Å². The largest absolute Gasteiger partial charge is 0.494 e. The minimum Gasteiger partial charge on any atom is -0.457 e. The van der Waals surface area contributed by atoms with Crippen molar-refractivity contribution in [3.63, 3.8) is 0 Å². The van der Waals surface area contributed by atoms with Gasteiger partial charge in [-0.2, -0.15) is 8.73 Å². The number of nitrogens with zero attached hydrogens (tertiary/aromatic N) is 2. The first-order valence-corrected chi connectivity index (χ1v) is 26.0. The lowest BCUT2D eigenvalue weighted by molar-refractivity contribution is 0.00578. The Balaban J connectivity index is 0.000000182. The number of hydrogen-bond donors (Lipinski definition) is 0. The first-order chi connectivity index (χ1) is 28.6. The Labute approximate surface area is 386 Å². The Morgan fingerprint density at radius 3 is 0.902 bits per heavy atom. The van der Waals surface area contributed by atoms with Gasteiger partial charge in [0.25, 0.3) is 0 Å². The van der Waals surface area contributed by atoms with E-state index in [9.17, 15) is 8.42 Å². The third-order valence-corrected chi connectivity index (χ3v) is 11.8. The summed E-state index contributed by atoms with van der Waals surface area (Å²) in [6.45, 7) is 8.15. The predicted molar refractivity (Wildman–Crippen MR) is 262 cm³/mol. The average molecular weight is 1060 g/mol. The molecule has 1 aliphatic heterocycles. The average Bonchev–Trinajstić information content (AvgIpc) is 3.41. The molecule has 1 saturated heterocycles. The molecule has 0 amide bonds. The van der Waals surface area contributed by atoms with Crippen molar-refractivity contribution < 1.29 is 31.9 Å². The summed E-state index contributed by atoms with van der Waals surface area (Å²) in [6.07, 6.45) is 6.44. The van der Waals surface area contributed by atoms with Crippen molar-refractivity contribution in [3.05, 3.63) is 159 Å². The van der Waals surface area contributed by atoms with E-state index in [2.05, 4.69) is 56.5 Å². The Kier molecular flexibility index (Phi) is 16.5. The maximum Gasteiger partial charge on any atom is 0.494 e. The van der Waals surface area contributed by atoms with Gasteiger partial charge in [0.05, 0.1) is 22.6 Å². The first kappa shape index (κ1) is 48.1. The summed E-state index contributed by atoms with van der Waals surface area (Å²) in [6, 6.07) is 45.2. The second-order valence-corrected chi connectivity index (χ2v) is 23.2. The summed E-state index contributed by atoms with van der Waals surface area (Å²) in [7, 11) is -4.68. The molecular formula is C46H48BBr3N2O7S2. The second kappa shape index (κ2) is 20.9. The van der Waals surface area contributed by atoms with Crippen LogP contribution in [0.1, 0.15) is 27.7 Å². The Hall–Kier alpha value is -3.96. The van der Waals surface area contributed by atoms with Crippen LogP contribution in [-0.2, 0) is 28.8 Å². The van der Waals surface area contributed by atoms with E-state index in [0.717, 1.165) is 47.6 Å². The molecule has 0 N–H and O–H groups in total. The highest BCUT2D eigenvalue weighted by Crippen LogP contribution is 2.37. The van der Waals surface area contributed by atoms with E-state index < -0.39 is 19.5 Å². The predicted octanol–water partition coefficient (Wildman–Crippen LogP) is 13.7. The minimum atomic E-state index is -2.17. The maximum absolute atomic E-state index is 11.7. The number of benzene rings is 6. The highest BCUT2D eigenvalue weighted by molar-refractivity contribution is 9.11. The van der Waals surface area contributed by atoms with Gasteiger partial charge in [-0.3, -0.25) is 0 Å². The van der Waals surface area contributed by atoms with Crippen LogP contribution in [0.4, 0.5) is 11.4 Å². The van der Waals surface area contributed by atoms with Gasteiger partial charge in [0.1, 0.15) is 34.5 Å². The molecule has 0 saturated carbocycles. The van der Waals surface area contributed by atoms with Gasteiger partial charge in [0.2, 0.25) is 0 Å². The van der Waals surface area contributed by atoms with Crippen molar-refractivity contribution in [2.45, 2.75) is 38.9 Å². The van der Waals surface area contributed by atoms with Crippen molar-refractivity contribution in [3.8, 4) is 34.5 Å². The zero-order chi connectivity index (χ0) is 44.4. The molecule has 0 aliphatic carbocycles. The highest BCUT2D eigenvalue weighted by atomic mass is 79.9. The smallest absolute Gasteiger partial charge is 0.457 e. The molecule has 320 valence electrons. The molecule has 0 radical (unpaired) electrons. The molecule has 6 aromatic rings. The van der Waals surface area contributed by atoms with E-state index in [1.165, 1.54) is 0 Å². The second-order valence-electron chi connectivity index (χ2n) is 15.4. The van der Waals surface area contributed by atoms with Gasteiger partial charge in [0.15, 0.2) is 0 Å². The number of halogens is 3. The molecular weight excluding hydrogens is 1010 g/mol. The lowest BCUT2D eigenvalue weighted by atomic mass is 9.79. The van der Waals surface area contributed by atoms with E-state index in [1.807, 2.05) is 149 Å². The molecule has 15 heteroatoms. The number of ether oxygens (including phenoxy) is 3. The summed E-state index contributed by atoms with van der Waals surface area (Å²) in [5, 5.41) is 0. The van der Waals surface area contributed by atoms with Gasteiger partial charge in [-0.05, 0) is 167 Å². The van der Waals surface area contributed by atoms with Crippen LogP contribution >= 0.6 is 47.8 Å². The van der Waals surface area contributed by atoms with E-state index in [1.54, 1.807) is 49.3 Å². The molecule has 1 heterocycles. The monoisotopic (exact) mass is 1050 g/mol. The third kappa shape index (κ3) is 16.0. The molecule has 1 aliphatic rings. The van der Waals surface area contributed by atoms with Gasteiger partial charge in [-0.1, -0.05) is 59.9 Å². The quantitative estimate of drug-likeness (QED) is 0.133. The summed E-state index contributed by atoms with van der Waals surface area (Å²) in [5.41, 5.74) is 1.60. The van der Waals surface area contributed by atoms with Gasteiger partial charge >= 0.3 is 7.12 Å². The molecule has 0 unspecified atom stereocenters. The van der Waals surface area contributed by atoms with E-state index >= 15 is 0 Å². The number of hydrogen-bond acceptors (Lipinski definition) is 9. The van der Waals surface area contributed by atoms with Crippen LogP contribution < -0.4 is 19.7 Å². The van der Waals surface area contributed by atoms with E-state index in [-0.39, 0.29) is 18.3 Å². The fourth-order valence-corrected chi connectivity index (χ4v) is 7.30. The SMILES string of the molecule is Brc1ccc(Oc2ccc(Br)cc2)cc1.CC1(C)OB(c2ccc(Oc3ccc(N=S(C)(C)=O)cc3)cc2)OC1(C)C.CS(C)(=O)=Nc1ccc(Oc2ccc(Br)cc2)cc1. The topological polar surface area (TPSA) is 105 Å². The van der Waals surface area contributed by atoms with Crippen LogP contribution in [0.25, 0.3) is 0 Å². The fourth-order valence-electron chi connectivity index (χ4n) is 5.25. The molecule has 0 atom stereocenters. The van der Waals surface area contributed by atoms with Gasteiger partial charge in [-0.15, -0.1) is 0 Å². The molecule has 1 fully saturated rings. The lowest BCUT2D eigenvalue weighted by Crippen LogP contribution is -2.41. The molecule has 0 aromatic heterocycles. The van der Waals surface area contributed by atoms with Crippen molar-refractivity contribution in [1.29, 1.82) is 0 Å². The maximum atomic E-state index is 11.7. The highest BCUT2D eigenvalue weighted by Gasteiger charge is 2.51. The Morgan fingerprint density at radius 2 is 0.656 bits per heavy atom. The van der Waals surface area contributed by atoms with Gasteiger partial charge < -0.3 is 23.5 Å².